The Hall–Kier alpha value is -1.32. The maximum absolute atomic E-state index is 11.2. The highest BCUT2D eigenvalue weighted by Gasteiger charge is 2.07. The molecule has 2 aromatic rings. The molecule has 1 aromatic heterocycles. The first-order valence-corrected chi connectivity index (χ1v) is 7.30. The van der Waals surface area contributed by atoms with E-state index in [9.17, 15) is 4.79 Å². The number of benzene rings is 1. The molecule has 100 valence electrons. The van der Waals surface area contributed by atoms with Gasteiger partial charge < -0.3 is 4.74 Å². The van der Waals surface area contributed by atoms with Crippen molar-refractivity contribution in [2.24, 2.45) is 0 Å². The summed E-state index contributed by atoms with van der Waals surface area (Å²) in [6, 6.07) is 9.30. The average Bonchev–Trinajstić information content (AvgIpc) is 2.85. The summed E-state index contributed by atoms with van der Waals surface area (Å²) in [5.41, 5.74) is 0.599. The number of hydrogen-bond donors (Lipinski definition) is 0. The van der Waals surface area contributed by atoms with Crippen LogP contribution < -0.4 is 4.74 Å². The molecule has 4 heteroatoms. The van der Waals surface area contributed by atoms with E-state index in [1.165, 1.54) is 16.7 Å². The third kappa shape index (κ3) is 3.58. The third-order valence-corrected chi connectivity index (χ3v) is 4.27. The molecular formula is C15H15ClO2S. The van der Waals surface area contributed by atoms with E-state index in [-0.39, 0.29) is 5.78 Å². The fraction of sp³-hybridized carbons (Fsp3) is 0.267. The lowest BCUT2D eigenvalue weighted by Crippen LogP contribution is -1.96. The van der Waals surface area contributed by atoms with Gasteiger partial charge in [-0.2, -0.15) is 0 Å². The van der Waals surface area contributed by atoms with Gasteiger partial charge in [-0.1, -0.05) is 18.5 Å². The van der Waals surface area contributed by atoms with Crippen LogP contribution >= 0.6 is 22.9 Å². The second-order valence-corrected chi connectivity index (χ2v) is 5.87. The van der Waals surface area contributed by atoms with Crippen molar-refractivity contribution in [2.45, 2.75) is 26.9 Å². The van der Waals surface area contributed by atoms with Crippen LogP contribution in [0.2, 0.25) is 5.02 Å². The second-order valence-electron chi connectivity index (χ2n) is 4.21. The molecule has 0 saturated carbocycles. The highest BCUT2D eigenvalue weighted by molar-refractivity contribution is 7.11. The summed E-state index contributed by atoms with van der Waals surface area (Å²) in [6.07, 6.45) is 1.04. The van der Waals surface area contributed by atoms with Crippen LogP contribution in [0.15, 0.2) is 30.3 Å². The first-order valence-electron chi connectivity index (χ1n) is 6.11. The van der Waals surface area contributed by atoms with Crippen molar-refractivity contribution >= 4 is 28.7 Å². The number of carbonyl (C=O) groups excluding carboxylic acids is 1. The number of halogens is 1. The number of rotatable bonds is 5. The molecule has 0 amide bonds. The smallest absolute Gasteiger partial charge is 0.159 e. The molecule has 2 nitrogen and oxygen atoms in total. The van der Waals surface area contributed by atoms with E-state index < -0.39 is 0 Å². The Bertz CT molecular complexity index is 590. The first-order chi connectivity index (χ1) is 9.10. The fourth-order valence-corrected chi connectivity index (χ4v) is 2.78. The molecule has 1 heterocycles. The van der Waals surface area contributed by atoms with Crippen molar-refractivity contribution in [2.75, 3.05) is 0 Å². The number of aryl methyl sites for hydroxylation is 1. The van der Waals surface area contributed by atoms with Crippen molar-refractivity contribution < 1.29 is 9.53 Å². The minimum Gasteiger partial charge on any atom is -0.487 e. The van der Waals surface area contributed by atoms with Gasteiger partial charge in [-0.3, -0.25) is 4.79 Å². The van der Waals surface area contributed by atoms with Crippen LogP contribution in [-0.2, 0) is 13.0 Å². The van der Waals surface area contributed by atoms with Gasteiger partial charge in [0.15, 0.2) is 5.78 Å². The SMILES string of the molecule is CCc1ccc(COc2ccc(C(C)=O)cc2Cl)s1. The predicted octanol–water partition coefficient (Wildman–Crippen LogP) is 4.75. The van der Waals surface area contributed by atoms with Crippen molar-refractivity contribution in [3.05, 3.63) is 50.7 Å². The quantitative estimate of drug-likeness (QED) is 0.744. The molecule has 0 N–H and O–H groups in total. The zero-order valence-corrected chi connectivity index (χ0v) is 12.5. The molecule has 1 aromatic carbocycles. The van der Waals surface area contributed by atoms with Gasteiger partial charge in [0.1, 0.15) is 12.4 Å². The highest BCUT2D eigenvalue weighted by Crippen LogP contribution is 2.27. The van der Waals surface area contributed by atoms with Crippen molar-refractivity contribution in [1.29, 1.82) is 0 Å². The molecule has 0 aliphatic carbocycles. The molecule has 0 aliphatic rings. The summed E-state index contributed by atoms with van der Waals surface area (Å²) < 4.78 is 5.68. The lowest BCUT2D eigenvalue weighted by Gasteiger charge is -2.07. The first kappa shape index (κ1) is 14.1. The van der Waals surface area contributed by atoms with Crippen LogP contribution in [0.1, 0.15) is 34.0 Å². The number of ether oxygens (including phenoxy) is 1. The third-order valence-electron chi connectivity index (χ3n) is 2.77. The minimum atomic E-state index is -0.000653. The summed E-state index contributed by atoms with van der Waals surface area (Å²) in [5.74, 6) is 0.609. The molecule has 0 atom stereocenters. The lowest BCUT2D eigenvalue weighted by atomic mass is 10.1. The van der Waals surface area contributed by atoms with E-state index in [0.717, 1.165) is 6.42 Å². The summed E-state index contributed by atoms with van der Waals surface area (Å²) in [7, 11) is 0. The number of hydrogen-bond acceptors (Lipinski definition) is 3. The molecule has 0 saturated heterocycles. The van der Waals surface area contributed by atoms with Crippen LogP contribution in [0.3, 0.4) is 0 Å². The van der Waals surface area contributed by atoms with Gasteiger partial charge in [-0.25, -0.2) is 0 Å². The second kappa shape index (κ2) is 6.22. The topological polar surface area (TPSA) is 26.3 Å². The van der Waals surface area contributed by atoms with Gasteiger partial charge in [0.2, 0.25) is 0 Å². The Morgan fingerprint density at radius 2 is 2.00 bits per heavy atom. The largest absolute Gasteiger partial charge is 0.487 e. The van der Waals surface area contributed by atoms with Crippen LogP contribution in [-0.4, -0.2) is 5.78 Å². The fourth-order valence-electron chi connectivity index (χ4n) is 1.68. The van der Waals surface area contributed by atoms with Crippen molar-refractivity contribution in [3.63, 3.8) is 0 Å². The zero-order chi connectivity index (χ0) is 13.8. The number of carbonyl (C=O) groups is 1. The maximum atomic E-state index is 11.2. The van der Waals surface area contributed by atoms with Gasteiger partial charge in [0, 0.05) is 15.3 Å². The van der Waals surface area contributed by atoms with Crippen LogP contribution in [0, 0.1) is 0 Å². The Morgan fingerprint density at radius 1 is 1.26 bits per heavy atom. The summed E-state index contributed by atoms with van der Waals surface area (Å²) in [4.78, 5) is 13.7. The van der Waals surface area contributed by atoms with Crippen molar-refractivity contribution in [3.8, 4) is 5.75 Å². The normalized spacial score (nSPS) is 10.5. The van der Waals surface area contributed by atoms with E-state index in [0.29, 0.717) is 22.9 Å². The van der Waals surface area contributed by atoms with E-state index in [2.05, 4.69) is 19.1 Å². The Balaban J connectivity index is 2.05. The molecule has 0 bridgehead atoms. The van der Waals surface area contributed by atoms with Gasteiger partial charge >= 0.3 is 0 Å². The summed E-state index contributed by atoms with van der Waals surface area (Å²) >= 11 is 7.84. The van der Waals surface area contributed by atoms with Crippen LogP contribution in [0.25, 0.3) is 0 Å². The Morgan fingerprint density at radius 3 is 2.58 bits per heavy atom. The molecule has 0 aliphatic heterocycles. The number of ketones is 1. The van der Waals surface area contributed by atoms with E-state index in [4.69, 9.17) is 16.3 Å². The number of Topliss-reactive ketones (excluding diaryl/α,β-unsaturated/α-hetero) is 1. The molecule has 0 fully saturated rings. The standard InChI is InChI=1S/C15H15ClO2S/c1-3-12-5-6-13(19-12)9-18-15-7-4-11(10(2)17)8-14(15)16/h4-8H,3,9H2,1-2H3. The van der Waals surface area contributed by atoms with E-state index >= 15 is 0 Å². The molecule has 0 radical (unpaired) electrons. The Labute approximate surface area is 122 Å². The van der Waals surface area contributed by atoms with E-state index in [1.807, 2.05) is 0 Å². The van der Waals surface area contributed by atoms with Gasteiger partial charge in [0.05, 0.1) is 5.02 Å². The van der Waals surface area contributed by atoms with E-state index in [1.54, 1.807) is 29.5 Å². The lowest BCUT2D eigenvalue weighted by molar-refractivity contribution is 0.101. The molecule has 0 unspecified atom stereocenters. The molecule has 0 spiro atoms. The van der Waals surface area contributed by atoms with Gasteiger partial charge in [-0.05, 0) is 43.7 Å². The molecular weight excluding hydrogens is 280 g/mol. The highest BCUT2D eigenvalue weighted by atomic mass is 35.5. The van der Waals surface area contributed by atoms with Crippen LogP contribution in [0.5, 0.6) is 5.75 Å². The zero-order valence-electron chi connectivity index (χ0n) is 10.9. The van der Waals surface area contributed by atoms with Gasteiger partial charge in [0.25, 0.3) is 0 Å². The number of thiophene rings is 1. The monoisotopic (exact) mass is 294 g/mol. The average molecular weight is 295 g/mol. The minimum absolute atomic E-state index is 0.000653. The van der Waals surface area contributed by atoms with Crippen LogP contribution in [0.4, 0.5) is 0 Å². The molecule has 2 rings (SSSR count). The summed E-state index contributed by atoms with van der Waals surface area (Å²) in [5, 5.41) is 0.472. The maximum Gasteiger partial charge on any atom is 0.159 e. The predicted molar refractivity (Wildman–Crippen MR) is 79.5 cm³/mol. The molecule has 19 heavy (non-hydrogen) atoms. The summed E-state index contributed by atoms with van der Waals surface area (Å²) in [6.45, 7) is 4.15. The van der Waals surface area contributed by atoms with Crippen molar-refractivity contribution in [1.82, 2.24) is 0 Å². The van der Waals surface area contributed by atoms with Gasteiger partial charge in [-0.15, -0.1) is 11.3 Å². The Kier molecular flexibility index (Phi) is 4.61.